The fourth-order valence-electron chi connectivity index (χ4n) is 4.79. The monoisotopic (exact) mass is 600 g/mol. The van der Waals surface area contributed by atoms with Crippen molar-refractivity contribution in [1.29, 1.82) is 0 Å². The zero-order chi connectivity index (χ0) is 22.6. The molecule has 0 fully saturated rings. The summed E-state index contributed by atoms with van der Waals surface area (Å²) in [5, 5.41) is 5.62. The van der Waals surface area contributed by atoms with Crippen molar-refractivity contribution in [3.63, 3.8) is 0 Å². The van der Waals surface area contributed by atoms with Gasteiger partial charge in [-0.25, -0.2) is 0 Å². The van der Waals surface area contributed by atoms with Crippen LogP contribution < -0.4 is 35.2 Å². The van der Waals surface area contributed by atoms with Gasteiger partial charge in [-0.15, -0.1) is 40.1 Å². The average molecular weight is 603 g/mol. The molecule has 178 valence electrons. The van der Waals surface area contributed by atoms with Gasteiger partial charge in [-0.05, 0) is 18.4 Å². The fourth-order valence-corrected chi connectivity index (χ4v) is 6.10. The Hall–Kier alpha value is -1.83. The maximum absolute atomic E-state index is 3.31. The maximum atomic E-state index is 3.31. The Bertz CT molecular complexity index is 1350. The first kappa shape index (κ1) is 30.4. The number of halogens is 2. The van der Waals surface area contributed by atoms with E-state index in [1.54, 1.807) is 0 Å². The van der Waals surface area contributed by atoms with Crippen molar-refractivity contribution in [2.24, 2.45) is 0 Å². The summed E-state index contributed by atoms with van der Waals surface area (Å²) in [7, 11) is 0.795. The Morgan fingerprint density at radius 3 is 2.28 bits per heavy atom. The maximum Gasteiger partial charge on any atom is 4.00 e. The molecule has 0 saturated carbocycles. The topological polar surface area (TPSA) is 0 Å². The van der Waals surface area contributed by atoms with Gasteiger partial charge in [0.1, 0.15) is 0 Å². The molecule has 0 nitrogen and oxygen atoms in total. The van der Waals surface area contributed by atoms with E-state index in [0.717, 1.165) is 15.9 Å². The Labute approximate surface area is 249 Å². The summed E-state index contributed by atoms with van der Waals surface area (Å²) < 4.78 is 0. The van der Waals surface area contributed by atoms with Crippen LogP contribution in [0.15, 0.2) is 97.1 Å². The summed E-state index contributed by atoms with van der Waals surface area (Å²) >= 11 is 0. The SMILES string of the molecule is CCCc1cc2c(-c3ccccc3)c(CC)ccc2[cH-]1.[Cl-].[Cl-].[Zr+4].[c-]1cccc2c1[Si]c1ccccc1-2. The van der Waals surface area contributed by atoms with E-state index in [1.165, 1.54) is 67.4 Å². The van der Waals surface area contributed by atoms with Crippen LogP contribution in [0.4, 0.5) is 0 Å². The van der Waals surface area contributed by atoms with Crippen LogP contribution in [0.1, 0.15) is 31.4 Å². The summed E-state index contributed by atoms with van der Waals surface area (Å²) in [6.45, 7) is 4.48. The Kier molecular flexibility index (Phi) is 12.0. The van der Waals surface area contributed by atoms with E-state index < -0.39 is 0 Å². The number of rotatable bonds is 4. The van der Waals surface area contributed by atoms with Crippen molar-refractivity contribution in [3.05, 3.63) is 114 Å². The Balaban J connectivity index is 0.000000250. The third-order valence-corrected chi connectivity index (χ3v) is 7.72. The summed E-state index contributed by atoms with van der Waals surface area (Å²) in [6, 6.07) is 38.3. The summed E-state index contributed by atoms with van der Waals surface area (Å²) in [5.41, 5.74) is 8.44. The first-order valence-electron chi connectivity index (χ1n) is 11.9. The van der Waals surface area contributed by atoms with Gasteiger partial charge in [0.25, 0.3) is 0 Å². The molecule has 4 heteroatoms. The number of aryl methyl sites for hydroxylation is 2. The molecule has 0 amide bonds. The predicted octanol–water partition coefficient (Wildman–Crippen LogP) is 0.868. The van der Waals surface area contributed by atoms with Crippen LogP contribution >= 0.6 is 0 Å². The smallest absolute Gasteiger partial charge is 1.00 e. The second kappa shape index (κ2) is 14.2. The average Bonchev–Trinajstić information content (AvgIpc) is 3.45. The normalized spacial score (nSPS) is 10.6. The van der Waals surface area contributed by atoms with Crippen LogP contribution in [0.25, 0.3) is 33.0 Å². The third-order valence-electron chi connectivity index (χ3n) is 6.35. The van der Waals surface area contributed by atoms with E-state index in [1.807, 2.05) is 6.07 Å². The molecule has 5 aromatic carbocycles. The second-order valence-electron chi connectivity index (χ2n) is 8.57. The minimum atomic E-state index is 0. The van der Waals surface area contributed by atoms with Crippen molar-refractivity contribution in [3.8, 4) is 22.3 Å². The molecule has 5 aromatic rings. The summed E-state index contributed by atoms with van der Waals surface area (Å²) in [5.74, 6) is 0. The molecule has 0 spiro atoms. The predicted molar refractivity (Wildman–Crippen MR) is 144 cm³/mol. The molecule has 1 aliphatic heterocycles. The van der Waals surface area contributed by atoms with Gasteiger partial charge >= 0.3 is 26.2 Å². The molecule has 1 aliphatic rings. The molecule has 0 N–H and O–H groups in total. The van der Waals surface area contributed by atoms with Crippen LogP contribution in [0.3, 0.4) is 0 Å². The van der Waals surface area contributed by atoms with E-state index in [0.29, 0.717) is 0 Å². The number of benzene rings is 4. The van der Waals surface area contributed by atoms with E-state index in [-0.39, 0.29) is 51.0 Å². The van der Waals surface area contributed by atoms with Crippen molar-refractivity contribution in [2.45, 2.75) is 33.1 Å². The van der Waals surface area contributed by atoms with Crippen molar-refractivity contribution in [1.82, 2.24) is 0 Å². The largest absolute Gasteiger partial charge is 4.00 e. The van der Waals surface area contributed by atoms with Gasteiger partial charge in [-0.3, -0.25) is 0 Å². The zero-order valence-electron chi connectivity index (χ0n) is 20.6. The van der Waals surface area contributed by atoms with E-state index in [4.69, 9.17) is 0 Å². The van der Waals surface area contributed by atoms with Crippen LogP contribution in [0.5, 0.6) is 0 Å². The van der Waals surface area contributed by atoms with Gasteiger partial charge in [0.15, 0.2) is 0 Å². The molecule has 0 atom stereocenters. The van der Waals surface area contributed by atoms with E-state index >= 15 is 0 Å². The van der Waals surface area contributed by atoms with Gasteiger partial charge in [0, 0.05) is 0 Å². The van der Waals surface area contributed by atoms with E-state index in [9.17, 15) is 0 Å². The molecule has 2 radical (unpaired) electrons. The fraction of sp³-hybridized carbons (Fsp3) is 0.156. The zero-order valence-corrected chi connectivity index (χ0v) is 25.6. The standard InChI is InChI=1S/C20H21.C12H7Si.2ClH.Zr/c1-3-8-15-13-18-12-11-16(4-2)20(19(18)14-15)17-9-6-5-7-10-17;1-3-7-11-9(5-1)10-6-2-4-8-12(10)13-11;;;/h5-7,9-14H,3-4,8H2,1-2H3;1-7H;2*1H;/q2*-1;;;+4/p-2. The first-order valence-corrected chi connectivity index (χ1v) is 12.9. The second-order valence-corrected chi connectivity index (χ2v) is 9.85. The molecule has 0 aromatic heterocycles. The Morgan fingerprint density at radius 1 is 0.806 bits per heavy atom. The molecular weight excluding hydrogens is 575 g/mol. The number of hydrogen-bond donors (Lipinski definition) is 0. The molecule has 6 rings (SSSR count). The van der Waals surface area contributed by atoms with E-state index in [2.05, 4.69) is 111 Å². The van der Waals surface area contributed by atoms with Gasteiger partial charge in [-0.2, -0.15) is 35.5 Å². The molecule has 0 unspecified atom stereocenters. The van der Waals surface area contributed by atoms with Crippen LogP contribution in [-0.2, 0) is 39.0 Å². The molecule has 36 heavy (non-hydrogen) atoms. The third kappa shape index (κ3) is 6.35. The minimum Gasteiger partial charge on any atom is -1.00 e. The number of hydrogen-bond acceptors (Lipinski definition) is 0. The molecular formula is C32H28Cl2SiZr. The van der Waals surface area contributed by atoms with Gasteiger partial charge in [-0.1, -0.05) is 96.7 Å². The van der Waals surface area contributed by atoms with Crippen molar-refractivity contribution < 1.29 is 51.0 Å². The summed E-state index contributed by atoms with van der Waals surface area (Å²) in [6.07, 6.45) is 3.45. The molecule has 1 heterocycles. The quantitative estimate of drug-likeness (QED) is 0.208. The van der Waals surface area contributed by atoms with Crippen molar-refractivity contribution >= 4 is 30.7 Å². The van der Waals surface area contributed by atoms with Crippen LogP contribution in [-0.4, -0.2) is 9.52 Å². The molecule has 0 aliphatic carbocycles. The van der Waals surface area contributed by atoms with Gasteiger partial charge in [0.2, 0.25) is 0 Å². The van der Waals surface area contributed by atoms with Gasteiger partial charge in [0.05, 0.1) is 9.52 Å². The first-order chi connectivity index (χ1) is 16.3. The Morgan fingerprint density at radius 2 is 1.53 bits per heavy atom. The molecule has 0 saturated heterocycles. The molecule has 0 bridgehead atoms. The van der Waals surface area contributed by atoms with Crippen molar-refractivity contribution in [2.75, 3.05) is 0 Å². The van der Waals surface area contributed by atoms with Gasteiger partial charge < -0.3 is 24.8 Å². The van der Waals surface area contributed by atoms with Crippen LogP contribution in [0.2, 0.25) is 0 Å². The van der Waals surface area contributed by atoms with Crippen LogP contribution in [0, 0.1) is 6.07 Å². The summed E-state index contributed by atoms with van der Waals surface area (Å²) in [4.78, 5) is 0. The minimum absolute atomic E-state index is 0. The number of fused-ring (bicyclic) bond motifs is 4.